The van der Waals surface area contributed by atoms with Crippen molar-refractivity contribution in [1.82, 2.24) is 14.9 Å². The molecule has 22 heavy (non-hydrogen) atoms. The second-order valence-electron chi connectivity index (χ2n) is 5.08. The van der Waals surface area contributed by atoms with Crippen LogP contribution in [-0.2, 0) is 11.2 Å². The maximum atomic E-state index is 12.0. The molecule has 0 spiro atoms. The minimum atomic E-state index is -1.03. The molecule has 0 atom stereocenters. The van der Waals surface area contributed by atoms with Crippen LogP contribution < -0.4 is 4.74 Å². The van der Waals surface area contributed by atoms with Crippen LogP contribution in [0.4, 0.5) is 0 Å². The van der Waals surface area contributed by atoms with E-state index in [2.05, 4.69) is 9.97 Å². The van der Waals surface area contributed by atoms with Crippen LogP contribution in [0.2, 0.25) is 0 Å². The minimum Gasteiger partial charge on any atom is -0.486 e. The van der Waals surface area contributed by atoms with Crippen molar-refractivity contribution in [3.63, 3.8) is 0 Å². The minimum absolute atomic E-state index is 0.0153. The van der Waals surface area contributed by atoms with Crippen LogP contribution in [0, 0.1) is 0 Å². The molecule has 1 aromatic heterocycles. The molecule has 1 fully saturated rings. The van der Waals surface area contributed by atoms with E-state index in [-0.39, 0.29) is 24.0 Å². The average molecular weight is 301 g/mol. The van der Waals surface area contributed by atoms with Gasteiger partial charge in [0.2, 0.25) is 5.91 Å². The van der Waals surface area contributed by atoms with E-state index in [0.29, 0.717) is 24.5 Å². The third-order valence-corrected chi connectivity index (χ3v) is 3.50. The van der Waals surface area contributed by atoms with E-state index < -0.39 is 5.97 Å². The van der Waals surface area contributed by atoms with E-state index in [0.717, 1.165) is 0 Å². The van der Waals surface area contributed by atoms with Gasteiger partial charge in [0.1, 0.15) is 17.4 Å². The summed E-state index contributed by atoms with van der Waals surface area (Å²) in [6, 6.07) is 6.49. The molecule has 7 heteroatoms. The quantitative estimate of drug-likeness (QED) is 0.857. The normalized spacial score (nSPS) is 14.5. The van der Waals surface area contributed by atoms with E-state index in [4.69, 9.17) is 9.84 Å². The van der Waals surface area contributed by atoms with Crippen molar-refractivity contribution < 1.29 is 19.4 Å². The Labute approximate surface area is 126 Å². The third-order valence-electron chi connectivity index (χ3n) is 3.50. The molecule has 1 saturated heterocycles. The second kappa shape index (κ2) is 5.88. The molecule has 3 rings (SSSR count). The SMILES string of the molecule is O=C(O)c1ccccc1OC1CN(C(=O)Cc2c[nH]cn2)C1. The van der Waals surface area contributed by atoms with Gasteiger partial charge in [0.05, 0.1) is 31.5 Å². The molecule has 1 amide bonds. The molecule has 0 unspecified atom stereocenters. The smallest absolute Gasteiger partial charge is 0.339 e. The number of H-pyrrole nitrogens is 1. The highest BCUT2D eigenvalue weighted by Crippen LogP contribution is 2.23. The van der Waals surface area contributed by atoms with Gasteiger partial charge in [-0.1, -0.05) is 12.1 Å². The molecule has 114 valence electrons. The number of carbonyl (C=O) groups excluding carboxylic acids is 1. The zero-order valence-corrected chi connectivity index (χ0v) is 11.7. The largest absolute Gasteiger partial charge is 0.486 e. The van der Waals surface area contributed by atoms with E-state index in [1.807, 2.05) is 0 Å². The number of aromatic amines is 1. The van der Waals surface area contributed by atoms with Crippen LogP contribution in [0.3, 0.4) is 0 Å². The second-order valence-corrected chi connectivity index (χ2v) is 5.08. The summed E-state index contributed by atoms with van der Waals surface area (Å²) in [5.41, 5.74) is 0.828. The first-order valence-corrected chi connectivity index (χ1v) is 6.88. The first kappa shape index (κ1) is 14.1. The van der Waals surface area contributed by atoms with E-state index in [9.17, 15) is 9.59 Å². The first-order chi connectivity index (χ1) is 10.6. The number of benzene rings is 1. The number of hydrogen-bond donors (Lipinski definition) is 2. The van der Waals surface area contributed by atoms with E-state index >= 15 is 0 Å². The Morgan fingerprint density at radius 1 is 1.36 bits per heavy atom. The van der Waals surface area contributed by atoms with E-state index in [1.54, 1.807) is 29.3 Å². The fourth-order valence-corrected chi connectivity index (χ4v) is 2.30. The Bertz CT molecular complexity index is 678. The van der Waals surface area contributed by atoms with Gasteiger partial charge in [-0.2, -0.15) is 0 Å². The lowest BCUT2D eigenvalue weighted by molar-refractivity contribution is -0.139. The molecule has 1 aromatic carbocycles. The summed E-state index contributed by atoms with van der Waals surface area (Å²) in [5.74, 6) is -0.709. The fourth-order valence-electron chi connectivity index (χ4n) is 2.30. The molecule has 0 radical (unpaired) electrons. The number of carboxylic acids is 1. The van der Waals surface area contributed by atoms with Crippen molar-refractivity contribution in [2.75, 3.05) is 13.1 Å². The standard InChI is InChI=1S/C15H15N3O4/c19-14(5-10-6-16-9-17-10)18-7-11(8-18)22-13-4-2-1-3-12(13)15(20)21/h1-4,6,9,11H,5,7-8H2,(H,16,17)(H,20,21). The number of amides is 1. The highest BCUT2D eigenvalue weighted by molar-refractivity contribution is 5.90. The van der Waals surface area contributed by atoms with Crippen LogP contribution in [0.1, 0.15) is 16.1 Å². The Morgan fingerprint density at radius 2 is 2.14 bits per heavy atom. The predicted molar refractivity (Wildman–Crippen MR) is 76.7 cm³/mol. The van der Waals surface area contributed by atoms with Crippen molar-refractivity contribution >= 4 is 11.9 Å². The summed E-state index contributed by atoms with van der Waals surface area (Å²) in [7, 11) is 0. The summed E-state index contributed by atoms with van der Waals surface area (Å²) >= 11 is 0. The number of hydrogen-bond acceptors (Lipinski definition) is 4. The fraction of sp³-hybridized carbons (Fsp3) is 0.267. The molecule has 1 aliphatic rings. The first-order valence-electron chi connectivity index (χ1n) is 6.88. The van der Waals surface area contributed by atoms with Gasteiger partial charge >= 0.3 is 5.97 Å². The Balaban J connectivity index is 1.54. The number of rotatable bonds is 5. The molecular weight excluding hydrogens is 286 g/mol. The summed E-state index contributed by atoms with van der Waals surface area (Å²) in [6.45, 7) is 0.911. The number of ether oxygens (including phenoxy) is 1. The maximum Gasteiger partial charge on any atom is 0.339 e. The van der Waals surface area contributed by atoms with Gasteiger partial charge in [0.15, 0.2) is 0 Å². The Kier molecular flexibility index (Phi) is 3.78. The van der Waals surface area contributed by atoms with Crippen LogP contribution in [0.25, 0.3) is 0 Å². The van der Waals surface area contributed by atoms with Crippen LogP contribution in [0.15, 0.2) is 36.8 Å². The van der Waals surface area contributed by atoms with Crippen molar-refractivity contribution in [3.05, 3.63) is 48.0 Å². The number of likely N-dealkylation sites (tertiary alicyclic amines) is 1. The zero-order chi connectivity index (χ0) is 15.5. The molecule has 2 heterocycles. The molecule has 0 saturated carbocycles. The number of aromatic carboxylic acids is 1. The van der Waals surface area contributed by atoms with Crippen molar-refractivity contribution in [2.45, 2.75) is 12.5 Å². The number of nitrogens with one attached hydrogen (secondary N) is 1. The van der Waals surface area contributed by atoms with Crippen molar-refractivity contribution in [2.24, 2.45) is 0 Å². The zero-order valence-electron chi connectivity index (χ0n) is 11.7. The molecule has 0 bridgehead atoms. The van der Waals surface area contributed by atoms with Gasteiger partial charge in [-0.05, 0) is 12.1 Å². The number of aromatic nitrogens is 2. The van der Waals surface area contributed by atoms with Gasteiger partial charge in [-0.3, -0.25) is 4.79 Å². The van der Waals surface area contributed by atoms with Crippen molar-refractivity contribution in [1.29, 1.82) is 0 Å². The number of nitrogens with zero attached hydrogens (tertiary/aromatic N) is 2. The number of imidazole rings is 1. The van der Waals surface area contributed by atoms with Gasteiger partial charge in [0, 0.05) is 6.20 Å². The summed E-state index contributed by atoms with van der Waals surface area (Å²) < 4.78 is 5.66. The monoisotopic (exact) mass is 301 g/mol. The molecule has 1 aliphatic heterocycles. The summed E-state index contributed by atoms with van der Waals surface area (Å²) in [5, 5.41) is 9.10. The van der Waals surface area contributed by atoms with Gasteiger partial charge in [-0.15, -0.1) is 0 Å². The van der Waals surface area contributed by atoms with Gasteiger partial charge in [-0.25, -0.2) is 9.78 Å². The van der Waals surface area contributed by atoms with Crippen LogP contribution >= 0.6 is 0 Å². The Hall–Kier alpha value is -2.83. The number of carboxylic acid groups (broad SMARTS) is 1. The van der Waals surface area contributed by atoms with Crippen molar-refractivity contribution in [3.8, 4) is 5.75 Å². The van der Waals surface area contributed by atoms with Gasteiger partial charge < -0.3 is 19.7 Å². The Morgan fingerprint density at radius 3 is 2.82 bits per heavy atom. The van der Waals surface area contributed by atoms with Crippen LogP contribution in [-0.4, -0.2) is 51.0 Å². The number of carbonyl (C=O) groups is 2. The van der Waals surface area contributed by atoms with Crippen LogP contribution in [0.5, 0.6) is 5.75 Å². The van der Waals surface area contributed by atoms with E-state index in [1.165, 1.54) is 12.4 Å². The number of para-hydroxylation sites is 1. The molecule has 2 N–H and O–H groups in total. The predicted octanol–water partition coefficient (Wildman–Crippen LogP) is 0.940. The highest BCUT2D eigenvalue weighted by Gasteiger charge is 2.33. The summed E-state index contributed by atoms with van der Waals surface area (Å²) in [4.78, 5) is 31.6. The van der Waals surface area contributed by atoms with Gasteiger partial charge in [0.25, 0.3) is 0 Å². The summed E-state index contributed by atoms with van der Waals surface area (Å²) in [6.07, 6.45) is 3.30. The lowest BCUT2D eigenvalue weighted by Gasteiger charge is -2.39. The molecule has 2 aromatic rings. The molecule has 7 nitrogen and oxygen atoms in total. The molecular formula is C15H15N3O4. The average Bonchev–Trinajstić information content (AvgIpc) is 2.95. The lowest BCUT2D eigenvalue weighted by Crippen LogP contribution is -2.56. The topological polar surface area (TPSA) is 95.5 Å². The molecule has 0 aliphatic carbocycles. The lowest BCUT2D eigenvalue weighted by atomic mass is 10.1. The third kappa shape index (κ3) is 2.93. The maximum absolute atomic E-state index is 12.0. The highest BCUT2D eigenvalue weighted by atomic mass is 16.5.